The Balaban J connectivity index is 2.96. The number of hydrogen-bond acceptors (Lipinski definition) is 5. The molecule has 1 heterocycles. The normalized spacial score (nSPS) is 14.2. The van der Waals surface area contributed by atoms with Crippen LogP contribution in [-0.4, -0.2) is 32.7 Å². The first-order valence-corrected chi connectivity index (χ1v) is 6.12. The minimum Gasteiger partial charge on any atom is -0.481 e. The van der Waals surface area contributed by atoms with Gasteiger partial charge in [0, 0.05) is 6.20 Å². The molecule has 110 valence electrons. The molecule has 0 aliphatic rings. The zero-order valence-corrected chi connectivity index (χ0v) is 12.0. The van der Waals surface area contributed by atoms with E-state index in [1.807, 2.05) is 0 Å². The van der Waals surface area contributed by atoms with E-state index >= 15 is 0 Å². The summed E-state index contributed by atoms with van der Waals surface area (Å²) in [5.41, 5.74) is -1.43. The van der Waals surface area contributed by atoms with Crippen LogP contribution in [0, 0.1) is 0 Å². The van der Waals surface area contributed by atoms with Crippen molar-refractivity contribution in [2.75, 3.05) is 0 Å². The Morgan fingerprint density at radius 2 is 2.00 bits per heavy atom. The van der Waals surface area contributed by atoms with E-state index in [1.54, 1.807) is 33.8 Å². The molecule has 1 rings (SSSR count). The van der Waals surface area contributed by atoms with Crippen LogP contribution in [0.1, 0.15) is 39.8 Å². The second kappa shape index (κ2) is 5.85. The van der Waals surface area contributed by atoms with Crippen LogP contribution < -0.4 is 5.32 Å². The van der Waals surface area contributed by atoms with Crippen LogP contribution in [0.3, 0.4) is 0 Å². The van der Waals surface area contributed by atoms with Crippen molar-refractivity contribution in [1.29, 1.82) is 0 Å². The van der Waals surface area contributed by atoms with Crippen LogP contribution in [-0.2, 0) is 15.1 Å². The lowest BCUT2D eigenvalue weighted by atomic mass is 9.93. The number of carboxylic acid groups (broad SMARTS) is 1. The molecule has 0 spiro atoms. The fourth-order valence-electron chi connectivity index (χ4n) is 1.65. The average molecular weight is 281 g/mol. The van der Waals surface area contributed by atoms with Gasteiger partial charge in [0.05, 0.1) is 17.7 Å². The third-order valence-electron chi connectivity index (χ3n) is 2.43. The molecule has 1 unspecified atom stereocenters. The monoisotopic (exact) mass is 281 g/mol. The number of nitrogens with zero attached hydrogens (tertiary/aromatic N) is 2. The number of amides is 1. The number of ether oxygens (including phenoxy) is 1. The number of alkyl carbamates (subject to hydrolysis) is 1. The number of nitrogens with one attached hydrogen (secondary N) is 1. The van der Waals surface area contributed by atoms with Crippen LogP contribution in [0.2, 0.25) is 0 Å². The van der Waals surface area contributed by atoms with Gasteiger partial charge in [-0.05, 0) is 33.8 Å². The van der Waals surface area contributed by atoms with Crippen LogP contribution in [0.25, 0.3) is 0 Å². The second-order valence-electron chi connectivity index (χ2n) is 5.62. The molecule has 1 amide bonds. The zero-order valence-electron chi connectivity index (χ0n) is 12.0. The highest BCUT2D eigenvalue weighted by Crippen LogP contribution is 2.23. The fraction of sp³-hybridized carbons (Fsp3) is 0.538. The predicted octanol–water partition coefficient (Wildman–Crippen LogP) is 1.69. The molecular formula is C13H19N3O4. The van der Waals surface area contributed by atoms with E-state index in [0.717, 1.165) is 0 Å². The molecule has 0 aliphatic heterocycles. The van der Waals surface area contributed by atoms with Gasteiger partial charge >= 0.3 is 12.1 Å². The lowest BCUT2D eigenvalue weighted by Gasteiger charge is -2.30. The van der Waals surface area contributed by atoms with E-state index in [9.17, 15) is 9.59 Å². The maximum atomic E-state index is 11.9. The molecule has 1 aromatic heterocycles. The minimum atomic E-state index is -1.17. The molecular weight excluding hydrogens is 262 g/mol. The third-order valence-corrected chi connectivity index (χ3v) is 2.43. The average Bonchev–Trinajstić information content (AvgIpc) is 2.26. The van der Waals surface area contributed by atoms with E-state index < -0.39 is 23.2 Å². The topological polar surface area (TPSA) is 101 Å². The number of rotatable bonds is 4. The number of carbonyl (C=O) groups excluding carboxylic acids is 1. The van der Waals surface area contributed by atoms with Crippen molar-refractivity contribution in [3.05, 3.63) is 24.3 Å². The molecule has 0 saturated carbocycles. The van der Waals surface area contributed by atoms with E-state index in [2.05, 4.69) is 15.3 Å². The van der Waals surface area contributed by atoms with Crippen molar-refractivity contribution in [3.8, 4) is 0 Å². The Bertz CT molecular complexity index is 484. The van der Waals surface area contributed by atoms with Crippen molar-refractivity contribution < 1.29 is 19.4 Å². The molecule has 0 bridgehead atoms. The van der Waals surface area contributed by atoms with Gasteiger partial charge in [-0.25, -0.2) is 14.8 Å². The number of aliphatic carboxylic acids is 1. The Labute approximate surface area is 117 Å². The van der Waals surface area contributed by atoms with Crippen molar-refractivity contribution in [1.82, 2.24) is 15.3 Å². The van der Waals surface area contributed by atoms with Gasteiger partial charge in [-0.15, -0.1) is 0 Å². The maximum absolute atomic E-state index is 11.9. The zero-order chi connectivity index (χ0) is 15.4. The number of carbonyl (C=O) groups is 2. The predicted molar refractivity (Wildman–Crippen MR) is 71.0 cm³/mol. The molecule has 20 heavy (non-hydrogen) atoms. The molecule has 0 fully saturated rings. The van der Waals surface area contributed by atoms with Crippen LogP contribution in [0.4, 0.5) is 4.79 Å². The van der Waals surface area contributed by atoms with Crippen LogP contribution >= 0.6 is 0 Å². The molecule has 7 nitrogen and oxygen atoms in total. The van der Waals surface area contributed by atoms with E-state index in [4.69, 9.17) is 9.84 Å². The lowest BCUT2D eigenvalue weighted by molar-refractivity contribution is -0.138. The lowest BCUT2D eigenvalue weighted by Crippen LogP contribution is -2.47. The second-order valence-corrected chi connectivity index (χ2v) is 5.62. The van der Waals surface area contributed by atoms with Gasteiger partial charge in [0.25, 0.3) is 0 Å². The smallest absolute Gasteiger partial charge is 0.408 e. The van der Waals surface area contributed by atoms with Gasteiger partial charge in [0.2, 0.25) is 0 Å². The van der Waals surface area contributed by atoms with E-state index in [-0.39, 0.29) is 6.42 Å². The Morgan fingerprint density at radius 1 is 1.35 bits per heavy atom. The number of aromatic nitrogens is 2. The Hall–Kier alpha value is -2.18. The van der Waals surface area contributed by atoms with Gasteiger partial charge in [0.1, 0.15) is 11.9 Å². The Kier molecular flexibility index (Phi) is 4.65. The fourth-order valence-corrected chi connectivity index (χ4v) is 1.65. The SMILES string of the molecule is CC(C)(C)OC(=O)NC(C)(CC(=O)O)c1ccncn1. The number of carboxylic acids is 1. The molecule has 2 N–H and O–H groups in total. The first-order valence-electron chi connectivity index (χ1n) is 6.12. The van der Waals surface area contributed by atoms with E-state index in [0.29, 0.717) is 5.69 Å². The van der Waals surface area contributed by atoms with Gasteiger partial charge in [0.15, 0.2) is 0 Å². The molecule has 1 aromatic rings. The molecule has 0 saturated heterocycles. The molecule has 7 heteroatoms. The Morgan fingerprint density at radius 3 is 2.45 bits per heavy atom. The highest BCUT2D eigenvalue weighted by Gasteiger charge is 2.34. The highest BCUT2D eigenvalue weighted by molar-refractivity contribution is 5.73. The summed E-state index contributed by atoms with van der Waals surface area (Å²) in [5, 5.41) is 11.6. The summed E-state index contributed by atoms with van der Waals surface area (Å²) >= 11 is 0. The quantitative estimate of drug-likeness (QED) is 0.870. The van der Waals surface area contributed by atoms with Crippen molar-refractivity contribution in [2.24, 2.45) is 0 Å². The summed E-state index contributed by atoms with van der Waals surface area (Å²) in [5.74, 6) is -1.05. The standard InChI is InChI=1S/C13H19N3O4/c1-12(2,3)20-11(19)16-13(4,7-10(17)18)9-5-6-14-8-15-9/h5-6,8H,7H2,1-4H3,(H,16,19)(H,17,18). The first-order chi connectivity index (χ1) is 9.12. The summed E-state index contributed by atoms with van der Waals surface area (Å²) in [7, 11) is 0. The van der Waals surface area contributed by atoms with Crippen LogP contribution in [0.5, 0.6) is 0 Å². The van der Waals surface area contributed by atoms with Crippen molar-refractivity contribution >= 4 is 12.1 Å². The summed E-state index contributed by atoms with van der Waals surface area (Å²) in [6.07, 6.45) is 1.77. The van der Waals surface area contributed by atoms with Gasteiger partial charge in [-0.1, -0.05) is 0 Å². The van der Waals surface area contributed by atoms with Gasteiger partial charge < -0.3 is 15.2 Å². The van der Waals surface area contributed by atoms with Gasteiger partial charge in [-0.3, -0.25) is 4.79 Å². The molecule has 0 aromatic carbocycles. The molecule has 0 aliphatic carbocycles. The summed E-state index contributed by atoms with van der Waals surface area (Å²) in [4.78, 5) is 30.7. The summed E-state index contributed by atoms with van der Waals surface area (Å²) in [6.45, 7) is 6.76. The largest absolute Gasteiger partial charge is 0.481 e. The number of hydrogen-bond donors (Lipinski definition) is 2. The minimum absolute atomic E-state index is 0.316. The molecule has 1 atom stereocenters. The van der Waals surface area contributed by atoms with Crippen molar-refractivity contribution in [2.45, 2.75) is 45.3 Å². The maximum Gasteiger partial charge on any atom is 0.408 e. The van der Waals surface area contributed by atoms with Gasteiger partial charge in [-0.2, -0.15) is 0 Å². The first kappa shape index (κ1) is 15.9. The third kappa shape index (κ3) is 4.83. The van der Waals surface area contributed by atoms with Crippen LogP contribution in [0.15, 0.2) is 18.6 Å². The summed E-state index contributed by atoms with van der Waals surface area (Å²) in [6, 6.07) is 1.56. The highest BCUT2D eigenvalue weighted by atomic mass is 16.6. The molecule has 0 radical (unpaired) electrons. The van der Waals surface area contributed by atoms with Crippen molar-refractivity contribution in [3.63, 3.8) is 0 Å². The van der Waals surface area contributed by atoms with E-state index in [1.165, 1.54) is 12.5 Å². The summed E-state index contributed by atoms with van der Waals surface area (Å²) < 4.78 is 5.15.